The molecule has 1 atom stereocenters. The van der Waals surface area contributed by atoms with E-state index in [0.29, 0.717) is 25.2 Å². The zero-order chi connectivity index (χ0) is 22.9. The second-order valence-electron chi connectivity index (χ2n) is 8.10. The Hall–Kier alpha value is -3.72. The fourth-order valence-electron chi connectivity index (χ4n) is 4.36. The Balaban J connectivity index is 1.31. The number of aryl methyl sites for hydroxylation is 2. The molecule has 0 saturated carbocycles. The first-order chi connectivity index (χ1) is 16.0. The zero-order valence-electron chi connectivity index (χ0n) is 18.5. The first-order valence-electron chi connectivity index (χ1n) is 10.9. The van der Waals surface area contributed by atoms with Crippen molar-refractivity contribution in [3.05, 3.63) is 75.4 Å². The van der Waals surface area contributed by atoms with Crippen LogP contribution in [0.5, 0.6) is 0 Å². The van der Waals surface area contributed by atoms with Crippen LogP contribution >= 0.6 is 11.3 Å². The van der Waals surface area contributed by atoms with Gasteiger partial charge >= 0.3 is 0 Å². The van der Waals surface area contributed by atoms with Crippen LogP contribution in [-0.2, 0) is 11.2 Å². The van der Waals surface area contributed by atoms with Crippen molar-refractivity contribution in [3.8, 4) is 0 Å². The number of hydrogen-bond donors (Lipinski definition) is 3. The van der Waals surface area contributed by atoms with Gasteiger partial charge in [0.15, 0.2) is 0 Å². The average Bonchev–Trinajstić information content (AvgIpc) is 3.54. The lowest BCUT2D eigenvalue weighted by molar-refractivity contribution is -0.121. The SMILES string of the molecule is Cc1nc2nc(N)nn2c(C)c1CCC(=O)NC[C@H](c1cccs1)c1c[nH]c2ccccc12. The Morgan fingerprint density at radius 1 is 1.21 bits per heavy atom. The van der Waals surface area contributed by atoms with Crippen molar-refractivity contribution in [2.75, 3.05) is 12.3 Å². The van der Waals surface area contributed by atoms with E-state index in [-0.39, 0.29) is 17.8 Å². The summed E-state index contributed by atoms with van der Waals surface area (Å²) in [6.45, 7) is 4.41. The highest BCUT2D eigenvalue weighted by Gasteiger charge is 2.20. The van der Waals surface area contributed by atoms with Crippen LogP contribution in [0.3, 0.4) is 0 Å². The molecule has 168 valence electrons. The minimum atomic E-state index is 0.00778. The first kappa shape index (κ1) is 21.1. The minimum Gasteiger partial charge on any atom is -0.366 e. The number of amides is 1. The van der Waals surface area contributed by atoms with Crippen molar-refractivity contribution in [2.45, 2.75) is 32.6 Å². The van der Waals surface area contributed by atoms with Gasteiger partial charge in [-0.05, 0) is 48.9 Å². The van der Waals surface area contributed by atoms with Gasteiger partial charge in [-0.2, -0.15) is 9.50 Å². The van der Waals surface area contributed by atoms with E-state index >= 15 is 0 Å². The van der Waals surface area contributed by atoms with Gasteiger partial charge in [-0.3, -0.25) is 4.79 Å². The summed E-state index contributed by atoms with van der Waals surface area (Å²) in [6, 6.07) is 12.4. The quantitative estimate of drug-likeness (QED) is 0.343. The molecule has 0 aliphatic rings. The van der Waals surface area contributed by atoms with E-state index in [9.17, 15) is 4.79 Å². The Morgan fingerprint density at radius 3 is 2.88 bits per heavy atom. The van der Waals surface area contributed by atoms with E-state index in [0.717, 1.165) is 22.5 Å². The van der Waals surface area contributed by atoms with Crippen molar-refractivity contribution >= 4 is 39.9 Å². The third-order valence-corrected chi connectivity index (χ3v) is 7.04. The number of aromatic nitrogens is 5. The standard InChI is InChI=1S/C24H25N7OS/c1-14-16(15(2)31-24(28-14)29-23(25)30-31)9-10-22(32)27-13-19(21-8-5-11-33-21)18-12-26-20-7-4-3-6-17(18)20/h3-8,11-12,19,26H,9-10,13H2,1-2H3,(H2,25,30)(H,27,32)/t19-/m0/s1. The van der Waals surface area contributed by atoms with Gasteiger partial charge in [0, 0.05) is 52.2 Å². The molecule has 4 aromatic heterocycles. The largest absolute Gasteiger partial charge is 0.366 e. The van der Waals surface area contributed by atoms with Gasteiger partial charge in [-0.1, -0.05) is 24.3 Å². The number of nitrogen functional groups attached to an aromatic ring is 1. The molecule has 0 bridgehead atoms. The number of nitrogens with one attached hydrogen (secondary N) is 2. The third-order valence-electron chi connectivity index (χ3n) is 6.05. The van der Waals surface area contributed by atoms with Crippen molar-refractivity contribution in [1.29, 1.82) is 0 Å². The minimum absolute atomic E-state index is 0.00778. The Bertz CT molecular complexity index is 1430. The van der Waals surface area contributed by atoms with Crippen LogP contribution in [0.2, 0.25) is 0 Å². The van der Waals surface area contributed by atoms with Crippen LogP contribution in [-0.4, -0.2) is 37.0 Å². The lowest BCUT2D eigenvalue weighted by atomic mass is 9.96. The van der Waals surface area contributed by atoms with Gasteiger partial charge in [0.1, 0.15) is 0 Å². The summed E-state index contributed by atoms with van der Waals surface area (Å²) in [5, 5.41) is 10.6. The number of fused-ring (bicyclic) bond motifs is 2. The van der Waals surface area contributed by atoms with Gasteiger partial charge in [-0.25, -0.2) is 4.98 Å². The molecule has 0 radical (unpaired) electrons. The number of anilines is 1. The van der Waals surface area contributed by atoms with Gasteiger partial charge in [-0.15, -0.1) is 16.4 Å². The van der Waals surface area contributed by atoms with Crippen molar-refractivity contribution in [3.63, 3.8) is 0 Å². The predicted octanol–water partition coefficient (Wildman–Crippen LogP) is 3.75. The number of thiophene rings is 1. The first-order valence-corrected chi connectivity index (χ1v) is 11.7. The van der Waals surface area contributed by atoms with Crippen molar-refractivity contribution in [1.82, 2.24) is 29.9 Å². The molecule has 0 aliphatic heterocycles. The highest BCUT2D eigenvalue weighted by Crippen LogP contribution is 2.32. The summed E-state index contributed by atoms with van der Waals surface area (Å²) in [4.78, 5) is 26.0. The summed E-state index contributed by atoms with van der Waals surface area (Å²) in [5.41, 5.74) is 10.8. The lowest BCUT2D eigenvalue weighted by Crippen LogP contribution is -2.29. The van der Waals surface area contributed by atoms with Gasteiger partial charge < -0.3 is 16.0 Å². The van der Waals surface area contributed by atoms with Crippen molar-refractivity contribution < 1.29 is 4.79 Å². The fraction of sp³-hybridized carbons (Fsp3) is 0.250. The summed E-state index contributed by atoms with van der Waals surface area (Å²) >= 11 is 1.71. The topological polar surface area (TPSA) is 114 Å². The second-order valence-corrected chi connectivity index (χ2v) is 9.08. The summed E-state index contributed by atoms with van der Waals surface area (Å²) < 4.78 is 1.64. The summed E-state index contributed by atoms with van der Waals surface area (Å²) in [6.07, 6.45) is 2.99. The molecule has 0 spiro atoms. The molecule has 33 heavy (non-hydrogen) atoms. The molecule has 9 heteroatoms. The van der Waals surface area contributed by atoms with Crippen LogP contribution in [0.25, 0.3) is 16.7 Å². The Morgan fingerprint density at radius 2 is 2.06 bits per heavy atom. The van der Waals surface area contributed by atoms with Gasteiger partial charge in [0.25, 0.3) is 5.78 Å². The predicted molar refractivity (Wildman–Crippen MR) is 130 cm³/mol. The number of H-pyrrole nitrogens is 1. The van der Waals surface area contributed by atoms with Crippen LogP contribution in [0.1, 0.15) is 39.7 Å². The van der Waals surface area contributed by atoms with Crippen LogP contribution < -0.4 is 11.1 Å². The number of hydrogen-bond acceptors (Lipinski definition) is 6. The molecule has 0 fully saturated rings. The number of nitrogens with zero attached hydrogens (tertiary/aromatic N) is 4. The average molecular weight is 460 g/mol. The normalized spacial score (nSPS) is 12.4. The molecular formula is C24H25N7OS. The molecule has 1 aromatic carbocycles. The smallest absolute Gasteiger partial charge is 0.254 e. The molecule has 0 aliphatic carbocycles. The molecule has 4 heterocycles. The highest BCUT2D eigenvalue weighted by atomic mass is 32.1. The number of nitrogens with two attached hydrogens (primary N) is 1. The Labute approximate surface area is 194 Å². The monoisotopic (exact) mass is 459 g/mol. The molecule has 5 aromatic rings. The number of aromatic amines is 1. The fourth-order valence-corrected chi connectivity index (χ4v) is 5.21. The summed E-state index contributed by atoms with van der Waals surface area (Å²) in [7, 11) is 0. The molecule has 1 amide bonds. The highest BCUT2D eigenvalue weighted by molar-refractivity contribution is 7.10. The molecular weight excluding hydrogens is 434 g/mol. The van der Waals surface area contributed by atoms with Crippen molar-refractivity contribution in [2.24, 2.45) is 0 Å². The van der Waals surface area contributed by atoms with Crippen LogP contribution in [0.4, 0.5) is 5.95 Å². The van der Waals surface area contributed by atoms with Crippen LogP contribution in [0.15, 0.2) is 48.0 Å². The van der Waals surface area contributed by atoms with Crippen LogP contribution in [0, 0.1) is 13.8 Å². The van der Waals surface area contributed by atoms with E-state index in [1.807, 2.05) is 26.0 Å². The van der Waals surface area contributed by atoms with Gasteiger partial charge in [0.05, 0.1) is 0 Å². The maximum absolute atomic E-state index is 12.8. The molecule has 4 N–H and O–H groups in total. The molecule has 0 unspecified atom stereocenters. The number of carbonyl (C=O) groups is 1. The maximum atomic E-state index is 12.8. The number of benzene rings is 1. The zero-order valence-corrected chi connectivity index (χ0v) is 19.3. The number of para-hydroxylation sites is 1. The maximum Gasteiger partial charge on any atom is 0.254 e. The van der Waals surface area contributed by atoms with E-state index < -0.39 is 0 Å². The Kier molecular flexibility index (Phi) is 5.55. The second kappa shape index (κ2) is 8.67. The molecule has 5 rings (SSSR count). The van der Waals surface area contributed by atoms with E-state index in [4.69, 9.17) is 5.73 Å². The molecule has 8 nitrogen and oxygen atoms in total. The number of rotatable bonds is 7. The van der Waals surface area contributed by atoms with E-state index in [2.05, 4.69) is 61.2 Å². The number of carbonyl (C=O) groups excluding carboxylic acids is 1. The summed E-state index contributed by atoms with van der Waals surface area (Å²) in [5.74, 6) is 0.767. The van der Waals surface area contributed by atoms with Gasteiger partial charge in [0.2, 0.25) is 11.9 Å². The molecule has 0 saturated heterocycles. The third kappa shape index (κ3) is 4.07. The van der Waals surface area contributed by atoms with E-state index in [1.165, 1.54) is 15.8 Å². The lowest BCUT2D eigenvalue weighted by Gasteiger charge is -2.17. The van der Waals surface area contributed by atoms with E-state index in [1.54, 1.807) is 15.9 Å².